The first-order valence-electron chi connectivity index (χ1n) is 4.30. The zero-order valence-corrected chi connectivity index (χ0v) is 8.17. The molecule has 1 aromatic heterocycles. The summed E-state index contributed by atoms with van der Waals surface area (Å²) < 4.78 is 5.27. The van der Waals surface area contributed by atoms with Crippen molar-refractivity contribution >= 4 is 12.4 Å². The third kappa shape index (κ3) is 2.64. The van der Waals surface area contributed by atoms with Crippen molar-refractivity contribution in [1.29, 1.82) is 0 Å². The lowest BCUT2D eigenvalue weighted by Crippen LogP contribution is -2.15. The van der Waals surface area contributed by atoms with Crippen LogP contribution in [-0.2, 0) is 4.74 Å². The molecule has 0 aliphatic carbocycles. The van der Waals surface area contributed by atoms with Gasteiger partial charge in [-0.3, -0.25) is 9.97 Å². The summed E-state index contributed by atoms with van der Waals surface area (Å²) in [6, 6.07) is 0. The normalized spacial score (nSPS) is 17.8. The van der Waals surface area contributed by atoms with Crippen LogP contribution in [0.3, 0.4) is 0 Å². The molecule has 1 aliphatic rings. The van der Waals surface area contributed by atoms with E-state index in [1.807, 2.05) is 6.20 Å². The Balaban J connectivity index is 0.000000845. The molecule has 3 nitrogen and oxygen atoms in total. The van der Waals surface area contributed by atoms with Gasteiger partial charge in [0.2, 0.25) is 0 Å². The summed E-state index contributed by atoms with van der Waals surface area (Å²) in [6.45, 7) is 1.72. The summed E-state index contributed by atoms with van der Waals surface area (Å²) >= 11 is 0. The van der Waals surface area contributed by atoms with Crippen LogP contribution in [0.1, 0.15) is 24.5 Å². The summed E-state index contributed by atoms with van der Waals surface area (Å²) in [7, 11) is 0. The van der Waals surface area contributed by atoms with E-state index < -0.39 is 0 Å². The predicted octanol–water partition coefficient (Wildman–Crippen LogP) is 1.79. The highest BCUT2D eigenvalue weighted by atomic mass is 35.5. The molecule has 1 aromatic rings. The summed E-state index contributed by atoms with van der Waals surface area (Å²) in [5.74, 6) is 0.562. The van der Waals surface area contributed by atoms with E-state index in [9.17, 15) is 0 Å². The van der Waals surface area contributed by atoms with Gasteiger partial charge in [0, 0.05) is 37.7 Å². The Morgan fingerprint density at radius 2 is 2.00 bits per heavy atom. The van der Waals surface area contributed by atoms with E-state index in [2.05, 4.69) is 9.97 Å². The first-order chi connectivity index (χ1) is 5.97. The van der Waals surface area contributed by atoms with Gasteiger partial charge in [0.15, 0.2) is 0 Å². The van der Waals surface area contributed by atoms with E-state index in [4.69, 9.17) is 4.74 Å². The number of hydrogen-bond acceptors (Lipinski definition) is 3. The van der Waals surface area contributed by atoms with Gasteiger partial charge in [-0.25, -0.2) is 0 Å². The highest BCUT2D eigenvalue weighted by Crippen LogP contribution is 2.23. The fourth-order valence-electron chi connectivity index (χ4n) is 1.51. The lowest BCUT2D eigenvalue weighted by atomic mass is 9.97. The second kappa shape index (κ2) is 5.14. The number of ether oxygens (including phenoxy) is 1. The molecule has 0 unspecified atom stereocenters. The minimum Gasteiger partial charge on any atom is -0.381 e. The standard InChI is InChI=1S/C9H12N2O.ClH/c1-5-12-6-2-8(1)9-7-10-3-4-11-9;/h3-4,7-8H,1-2,5-6H2;1H. The van der Waals surface area contributed by atoms with Gasteiger partial charge in [-0.1, -0.05) is 0 Å². The fourth-order valence-corrected chi connectivity index (χ4v) is 1.51. The molecule has 1 fully saturated rings. The van der Waals surface area contributed by atoms with Crippen molar-refractivity contribution in [3.05, 3.63) is 24.3 Å². The zero-order chi connectivity index (χ0) is 8.23. The average molecular weight is 201 g/mol. The molecular formula is C9H13ClN2O. The highest BCUT2D eigenvalue weighted by molar-refractivity contribution is 5.85. The van der Waals surface area contributed by atoms with Crippen molar-refractivity contribution in [2.45, 2.75) is 18.8 Å². The summed E-state index contributed by atoms with van der Waals surface area (Å²) in [4.78, 5) is 8.34. The van der Waals surface area contributed by atoms with Crippen LogP contribution in [-0.4, -0.2) is 23.2 Å². The van der Waals surface area contributed by atoms with Crippen LogP contribution in [0.15, 0.2) is 18.6 Å². The maximum Gasteiger partial charge on any atom is 0.0619 e. The Morgan fingerprint density at radius 3 is 2.62 bits per heavy atom. The van der Waals surface area contributed by atoms with Gasteiger partial charge in [0.05, 0.1) is 5.69 Å². The van der Waals surface area contributed by atoms with Crippen molar-refractivity contribution < 1.29 is 4.74 Å². The molecule has 2 heterocycles. The minimum absolute atomic E-state index is 0. The van der Waals surface area contributed by atoms with Gasteiger partial charge < -0.3 is 4.74 Å². The van der Waals surface area contributed by atoms with Crippen LogP contribution in [0.4, 0.5) is 0 Å². The number of nitrogens with zero attached hydrogens (tertiary/aromatic N) is 2. The van der Waals surface area contributed by atoms with Gasteiger partial charge in [-0.15, -0.1) is 12.4 Å². The Labute approximate surface area is 84.0 Å². The van der Waals surface area contributed by atoms with E-state index in [1.54, 1.807) is 12.4 Å². The SMILES string of the molecule is Cl.c1cnc(C2CCOCC2)cn1. The Bertz CT molecular complexity index is 237. The van der Waals surface area contributed by atoms with Crippen molar-refractivity contribution in [3.63, 3.8) is 0 Å². The molecule has 72 valence electrons. The molecule has 1 saturated heterocycles. The monoisotopic (exact) mass is 200 g/mol. The lowest BCUT2D eigenvalue weighted by Gasteiger charge is -2.20. The van der Waals surface area contributed by atoms with Gasteiger partial charge >= 0.3 is 0 Å². The van der Waals surface area contributed by atoms with E-state index >= 15 is 0 Å². The lowest BCUT2D eigenvalue weighted by molar-refractivity contribution is 0.0844. The van der Waals surface area contributed by atoms with Crippen molar-refractivity contribution in [3.8, 4) is 0 Å². The number of hydrogen-bond donors (Lipinski definition) is 0. The molecular weight excluding hydrogens is 188 g/mol. The molecule has 0 aromatic carbocycles. The molecule has 0 N–H and O–H groups in total. The van der Waals surface area contributed by atoms with Crippen LogP contribution in [0.2, 0.25) is 0 Å². The first kappa shape index (κ1) is 10.4. The van der Waals surface area contributed by atoms with Crippen molar-refractivity contribution in [2.75, 3.05) is 13.2 Å². The van der Waals surface area contributed by atoms with E-state index in [0.717, 1.165) is 31.7 Å². The molecule has 1 aliphatic heterocycles. The second-order valence-corrected chi connectivity index (χ2v) is 3.02. The van der Waals surface area contributed by atoms with Crippen molar-refractivity contribution in [1.82, 2.24) is 9.97 Å². The molecule has 0 amide bonds. The maximum atomic E-state index is 5.27. The number of halogens is 1. The third-order valence-electron chi connectivity index (χ3n) is 2.22. The molecule has 0 radical (unpaired) electrons. The number of aromatic nitrogens is 2. The first-order valence-corrected chi connectivity index (χ1v) is 4.30. The maximum absolute atomic E-state index is 5.27. The summed E-state index contributed by atoms with van der Waals surface area (Å²) in [6.07, 6.45) is 7.49. The van der Waals surface area contributed by atoms with Gasteiger partial charge in [-0.05, 0) is 12.8 Å². The van der Waals surface area contributed by atoms with E-state index in [0.29, 0.717) is 5.92 Å². The molecule has 0 spiro atoms. The molecule has 0 saturated carbocycles. The van der Waals surface area contributed by atoms with Crippen LogP contribution in [0.5, 0.6) is 0 Å². The largest absolute Gasteiger partial charge is 0.381 e. The second-order valence-electron chi connectivity index (χ2n) is 3.02. The molecule has 13 heavy (non-hydrogen) atoms. The van der Waals surface area contributed by atoms with Gasteiger partial charge in [0.1, 0.15) is 0 Å². The Morgan fingerprint density at radius 1 is 1.23 bits per heavy atom. The quantitative estimate of drug-likeness (QED) is 0.694. The van der Waals surface area contributed by atoms with Crippen LogP contribution in [0, 0.1) is 0 Å². The van der Waals surface area contributed by atoms with E-state index in [1.165, 1.54) is 0 Å². The smallest absolute Gasteiger partial charge is 0.0619 e. The fraction of sp³-hybridized carbons (Fsp3) is 0.556. The Kier molecular flexibility index (Phi) is 4.12. The van der Waals surface area contributed by atoms with Gasteiger partial charge in [0.25, 0.3) is 0 Å². The van der Waals surface area contributed by atoms with Crippen LogP contribution in [0.25, 0.3) is 0 Å². The molecule has 4 heteroatoms. The molecule has 2 rings (SSSR count). The van der Waals surface area contributed by atoms with Crippen LogP contribution < -0.4 is 0 Å². The zero-order valence-electron chi connectivity index (χ0n) is 7.35. The summed E-state index contributed by atoms with van der Waals surface area (Å²) in [5, 5.41) is 0. The van der Waals surface area contributed by atoms with Crippen LogP contribution >= 0.6 is 12.4 Å². The van der Waals surface area contributed by atoms with E-state index in [-0.39, 0.29) is 12.4 Å². The molecule has 0 atom stereocenters. The minimum atomic E-state index is 0. The summed E-state index contributed by atoms with van der Waals surface area (Å²) in [5.41, 5.74) is 1.11. The third-order valence-corrected chi connectivity index (χ3v) is 2.22. The van der Waals surface area contributed by atoms with Crippen molar-refractivity contribution in [2.24, 2.45) is 0 Å². The predicted molar refractivity (Wildman–Crippen MR) is 52.1 cm³/mol. The highest BCUT2D eigenvalue weighted by Gasteiger charge is 2.16. The molecule has 0 bridgehead atoms. The van der Waals surface area contributed by atoms with Gasteiger partial charge in [-0.2, -0.15) is 0 Å². The number of rotatable bonds is 1. The Hall–Kier alpha value is -0.670. The topological polar surface area (TPSA) is 35.0 Å². The average Bonchev–Trinajstić information content (AvgIpc) is 2.21.